The van der Waals surface area contributed by atoms with E-state index in [1.807, 2.05) is 36.4 Å². The highest BCUT2D eigenvalue weighted by Gasteiger charge is 2.31. The Morgan fingerprint density at radius 2 is 1.26 bits per heavy atom. The number of hydrogen-bond donors (Lipinski definition) is 3. The first-order chi connectivity index (χ1) is 9.33. The number of rotatable bonds is 6. The largest absolute Gasteiger partial charge is 0.329 e. The van der Waals surface area contributed by atoms with Gasteiger partial charge in [-0.2, -0.15) is 0 Å². The van der Waals surface area contributed by atoms with E-state index in [0.29, 0.717) is 13.1 Å². The zero-order valence-electron chi connectivity index (χ0n) is 11.0. The Labute approximate surface area is 114 Å². The van der Waals surface area contributed by atoms with Gasteiger partial charge in [0.15, 0.2) is 0 Å². The van der Waals surface area contributed by atoms with Crippen LogP contribution in [0.15, 0.2) is 60.7 Å². The van der Waals surface area contributed by atoms with Crippen molar-refractivity contribution in [2.45, 2.75) is 5.54 Å². The average Bonchev–Trinajstić information content (AvgIpc) is 2.51. The highest BCUT2D eigenvalue weighted by atomic mass is 15.0. The number of benzene rings is 2. The van der Waals surface area contributed by atoms with E-state index in [9.17, 15) is 0 Å². The van der Waals surface area contributed by atoms with Crippen molar-refractivity contribution in [1.29, 1.82) is 0 Å². The van der Waals surface area contributed by atoms with Gasteiger partial charge in [-0.25, -0.2) is 0 Å². The summed E-state index contributed by atoms with van der Waals surface area (Å²) in [6, 6.07) is 20.6. The van der Waals surface area contributed by atoms with Crippen LogP contribution in [0.3, 0.4) is 0 Å². The number of nitrogens with one attached hydrogen (secondary N) is 1. The molecule has 2 aromatic rings. The third-order valence-electron chi connectivity index (χ3n) is 3.41. The van der Waals surface area contributed by atoms with Gasteiger partial charge in [-0.15, -0.1) is 0 Å². The molecule has 2 aromatic carbocycles. The molecule has 0 spiro atoms. The van der Waals surface area contributed by atoms with Gasteiger partial charge in [0, 0.05) is 19.6 Å². The number of hydrogen-bond acceptors (Lipinski definition) is 3. The second-order valence-electron chi connectivity index (χ2n) is 4.56. The van der Waals surface area contributed by atoms with E-state index in [1.165, 1.54) is 0 Å². The van der Waals surface area contributed by atoms with Crippen molar-refractivity contribution in [1.82, 2.24) is 5.32 Å². The van der Waals surface area contributed by atoms with Crippen molar-refractivity contribution in [3.8, 4) is 0 Å². The third-order valence-corrected chi connectivity index (χ3v) is 3.41. The molecule has 0 fully saturated rings. The smallest absolute Gasteiger partial charge is 0.0815 e. The predicted octanol–water partition coefficient (Wildman–Crippen LogP) is 1.44. The maximum absolute atomic E-state index is 6.11. The lowest BCUT2D eigenvalue weighted by Gasteiger charge is -2.35. The van der Waals surface area contributed by atoms with Crippen LogP contribution >= 0.6 is 0 Å². The molecule has 0 aromatic heterocycles. The van der Waals surface area contributed by atoms with Crippen molar-refractivity contribution < 1.29 is 0 Å². The van der Waals surface area contributed by atoms with Crippen LogP contribution in [-0.4, -0.2) is 19.6 Å². The molecule has 5 N–H and O–H groups in total. The summed E-state index contributed by atoms with van der Waals surface area (Å²) in [5, 5.41) is 3.52. The lowest BCUT2D eigenvalue weighted by molar-refractivity contribution is 0.415. The molecule has 100 valence electrons. The van der Waals surface area contributed by atoms with Crippen LogP contribution in [0.4, 0.5) is 0 Å². The summed E-state index contributed by atoms with van der Waals surface area (Å²) < 4.78 is 0. The Bertz CT molecular complexity index is 442. The minimum Gasteiger partial charge on any atom is -0.329 e. The molecular weight excluding hydrogens is 234 g/mol. The fourth-order valence-electron chi connectivity index (χ4n) is 2.41. The Hall–Kier alpha value is -1.68. The average molecular weight is 255 g/mol. The summed E-state index contributed by atoms with van der Waals surface area (Å²) >= 11 is 0. The van der Waals surface area contributed by atoms with E-state index in [4.69, 9.17) is 11.5 Å². The topological polar surface area (TPSA) is 64.1 Å². The molecule has 0 aliphatic carbocycles. The Kier molecular flexibility index (Phi) is 4.68. The third kappa shape index (κ3) is 2.84. The molecule has 0 saturated heterocycles. The van der Waals surface area contributed by atoms with Crippen LogP contribution in [0.1, 0.15) is 11.1 Å². The van der Waals surface area contributed by atoms with Crippen LogP contribution in [0.2, 0.25) is 0 Å². The Morgan fingerprint density at radius 1 is 0.789 bits per heavy atom. The SMILES string of the molecule is NCCNC(CN)(c1ccccc1)c1ccccc1. The summed E-state index contributed by atoms with van der Waals surface area (Å²) in [5.41, 5.74) is 13.7. The molecule has 0 unspecified atom stereocenters. The highest BCUT2D eigenvalue weighted by Crippen LogP contribution is 2.28. The van der Waals surface area contributed by atoms with Crippen molar-refractivity contribution >= 4 is 0 Å². The Balaban J connectivity index is 2.48. The van der Waals surface area contributed by atoms with Gasteiger partial charge in [-0.05, 0) is 11.1 Å². The van der Waals surface area contributed by atoms with Gasteiger partial charge in [0.25, 0.3) is 0 Å². The molecule has 0 bridgehead atoms. The first-order valence-corrected chi connectivity index (χ1v) is 6.59. The molecule has 0 heterocycles. The second-order valence-corrected chi connectivity index (χ2v) is 4.56. The molecule has 3 heteroatoms. The first kappa shape index (κ1) is 13.7. The van der Waals surface area contributed by atoms with E-state index >= 15 is 0 Å². The summed E-state index contributed by atoms with van der Waals surface area (Å²) in [6.45, 7) is 1.80. The van der Waals surface area contributed by atoms with Crippen molar-refractivity contribution in [2.75, 3.05) is 19.6 Å². The summed E-state index contributed by atoms with van der Waals surface area (Å²) in [4.78, 5) is 0. The van der Waals surface area contributed by atoms with Crippen LogP contribution in [0.5, 0.6) is 0 Å². The van der Waals surface area contributed by atoms with Gasteiger partial charge >= 0.3 is 0 Å². The predicted molar refractivity (Wildman–Crippen MR) is 79.8 cm³/mol. The zero-order valence-corrected chi connectivity index (χ0v) is 11.0. The quantitative estimate of drug-likeness (QED) is 0.732. The zero-order chi connectivity index (χ0) is 13.6. The molecule has 19 heavy (non-hydrogen) atoms. The van der Waals surface area contributed by atoms with Gasteiger partial charge in [0.05, 0.1) is 5.54 Å². The Morgan fingerprint density at radius 3 is 1.63 bits per heavy atom. The monoisotopic (exact) mass is 255 g/mol. The molecule has 0 atom stereocenters. The van der Waals surface area contributed by atoms with Gasteiger partial charge in [-0.3, -0.25) is 0 Å². The van der Waals surface area contributed by atoms with E-state index in [2.05, 4.69) is 29.6 Å². The van der Waals surface area contributed by atoms with Gasteiger partial charge in [-0.1, -0.05) is 60.7 Å². The molecule has 0 radical (unpaired) electrons. The van der Waals surface area contributed by atoms with Crippen LogP contribution in [-0.2, 0) is 5.54 Å². The van der Waals surface area contributed by atoms with Crippen LogP contribution < -0.4 is 16.8 Å². The summed E-state index contributed by atoms with van der Waals surface area (Å²) in [7, 11) is 0. The minimum absolute atomic E-state index is 0.373. The molecule has 2 rings (SSSR count). The van der Waals surface area contributed by atoms with Crippen molar-refractivity contribution in [3.63, 3.8) is 0 Å². The maximum Gasteiger partial charge on any atom is 0.0815 e. The van der Waals surface area contributed by atoms with E-state index in [1.54, 1.807) is 0 Å². The number of nitrogens with two attached hydrogens (primary N) is 2. The van der Waals surface area contributed by atoms with E-state index in [-0.39, 0.29) is 5.54 Å². The lowest BCUT2D eigenvalue weighted by atomic mass is 9.82. The van der Waals surface area contributed by atoms with Crippen molar-refractivity contribution in [3.05, 3.63) is 71.8 Å². The van der Waals surface area contributed by atoms with Crippen molar-refractivity contribution in [2.24, 2.45) is 11.5 Å². The van der Waals surface area contributed by atoms with E-state index < -0.39 is 0 Å². The highest BCUT2D eigenvalue weighted by molar-refractivity contribution is 5.39. The molecule has 0 aliphatic rings. The molecule has 0 aliphatic heterocycles. The minimum atomic E-state index is -0.373. The second kappa shape index (κ2) is 6.48. The maximum atomic E-state index is 6.11. The normalized spacial score (nSPS) is 11.5. The van der Waals surface area contributed by atoms with Crippen LogP contribution in [0, 0.1) is 0 Å². The molecule has 0 saturated carbocycles. The van der Waals surface area contributed by atoms with E-state index in [0.717, 1.165) is 17.7 Å². The molecule has 0 amide bonds. The lowest BCUT2D eigenvalue weighted by Crippen LogP contribution is -2.50. The van der Waals surface area contributed by atoms with Gasteiger partial charge in [0.2, 0.25) is 0 Å². The standard InChI is InChI=1S/C16H21N3/c17-11-12-19-16(13-18,14-7-3-1-4-8-14)15-9-5-2-6-10-15/h1-10,19H,11-13,17-18H2. The molecular formula is C16H21N3. The fraction of sp³-hybridized carbons (Fsp3) is 0.250. The van der Waals surface area contributed by atoms with Crippen LogP contribution in [0.25, 0.3) is 0 Å². The van der Waals surface area contributed by atoms with Gasteiger partial charge < -0.3 is 16.8 Å². The summed E-state index contributed by atoms with van der Waals surface area (Å²) in [5.74, 6) is 0. The molecule has 3 nitrogen and oxygen atoms in total. The van der Waals surface area contributed by atoms with Gasteiger partial charge in [0.1, 0.15) is 0 Å². The first-order valence-electron chi connectivity index (χ1n) is 6.59. The fourth-order valence-corrected chi connectivity index (χ4v) is 2.41. The summed E-state index contributed by atoms with van der Waals surface area (Å²) in [6.07, 6.45) is 0.